The zero-order chi connectivity index (χ0) is 20.1. The van der Waals surface area contributed by atoms with Crippen LogP contribution in [0.15, 0.2) is 38.5 Å². The molecule has 1 aliphatic rings. The molecule has 2 aromatic rings. The van der Waals surface area contributed by atoms with Crippen molar-refractivity contribution in [3.63, 3.8) is 0 Å². The molecule has 0 saturated carbocycles. The Morgan fingerprint density at radius 2 is 2.00 bits per heavy atom. The van der Waals surface area contributed by atoms with Crippen LogP contribution in [0, 0.1) is 6.92 Å². The van der Waals surface area contributed by atoms with Crippen molar-refractivity contribution in [3.05, 3.63) is 51.6 Å². The Hall–Kier alpha value is -2.49. The van der Waals surface area contributed by atoms with E-state index >= 15 is 0 Å². The monoisotopic (exact) mass is 405 g/mol. The number of benzene rings is 1. The standard InChI is InChI=1S/C19H19NO7S/c1-11-6-14(23)18(19(24)27-11)13-8-17(28-5-4-20-13)12-2-3-15(25-9-21)16(7-12)26-10-22/h2-3,6-7,17,23H,4-5,8-10H2,1H3/q-2. The smallest absolute Gasteiger partial charge is 0.348 e. The van der Waals surface area contributed by atoms with Crippen LogP contribution in [-0.4, -0.2) is 36.7 Å². The third kappa shape index (κ3) is 4.49. The minimum Gasteiger partial charge on any atom is -0.824 e. The molecule has 0 fully saturated rings. The number of nitrogens with zero attached hydrogens (tertiary/aromatic N) is 1. The molecule has 1 atom stereocenters. The van der Waals surface area contributed by atoms with E-state index in [0.717, 1.165) is 5.56 Å². The van der Waals surface area contributed by atoms with E-state index in [2.05, 4.69) is 4.99 Å². The molecule has 8 nitrogen and oxygen atoms in total. The molecule has 1 aromatic carbocycles. The molecule has 0 aliphatic carbocycles. The van der Waals surface area contributed by atoms with Crippen LogP contribution in [0.1, 0.15) is 28.6 Å². The summed E-state index contributed by atoms with van der Waals surface area (Å²) in [6, 6.07) is 6.40. The summed E-state index contributed by atoms with van der Waals surface area (Å²) in [5, 5.41) is 31.8. The van der Waals surface area contributed by atoms with Gasteiger partial charge in [0.1, 0.15) is 17.1 Å². The molecule has 0 amide bonds. The van der Waals surface area contributed by atoms with Crippen molar-refractivity contribution in [2.24, 2.45) is 4.99 Å². The minimum absolute atomic E-state index is 0.0699. The first kappa shape index (κ1) is 20.2. The van der Waals surface area contributed by atoms with E-state index in [1.165, 1.54) is 6.07 Å². The Kier molecular flexibility index (Phi) is 6.61. The van der Waals surface area contributed by atoms with E-state index in [-0.39, 0.29) is 28.1 Å². The predicted octanol–water partition coefficient (Wildman–Crippen LogP) is 0.714. The van der Waals surface area contributed by atoms with Gasteiger partial charge in [0.25, 0.3) is 0 Å². The lowest BCUT2D eigenvalue weighted by molar-refractivity contribution is -0.417. The molecular weight excluding hydrogens is 386 g/mol. The fourth-order valence-electron chi connectivity index (χ4n) is 3.02. The Balaban J connectivity index is 1.93. The molecule has 1 aromatic heterocycles. The average Bonchev–Trinajstić information content (AvgIpc) is 2.89. The molecule has 0 spiro atoms. The maximum Gasteiger partial charge on any atom is 0.348 e. The molecule has 3 rings (SSSR count). The predicted molar refractivity (Wildman–Crippen MR) is 100 cm³/mol. The Morgan fingerprint density at radius 1 is 1.25 bits per heavy atom. The third-order valence-corrected chi connectivity index (χ3v) is 5.46. The van der Waals surface area contributed by atoms with Crippen LogP contribution in [0.5, 0.6) is 17.2 Å². The van der Waals surface area contributed by atoms with Gasteiger partial charge in [0.2, 0.25) is 0 Å². The van der Waals surface area contributed by atoms with Gasteiger partial charge < -0.3 is 29.2 Å². The number of aromatic hydroxyl groups is 1. The molecule has 1 unspecified atom stereocenters. The number of thioether (sulfide) groups is 1. The lowest BCUT2D eigenvalue weighted by Crippen LogP contribution is -2.18. The average molecular weight is 405 g/mol. The molecule has 28 heavy (non-hydrogen) atoms. The Bertz CT molecular complexity index is 925. The zero-order valence-corrected chi connectivity index (χ0v) is 16.0. The molecule has 1 N–H and O–H groups in total. The van der Waals surface area contributed by atoms with Crippen LogP contribution < -0.4 is 25.3 Å². The van der Waals surface area contributed by atoms with Gasteiger partial charge in [0.05, 0.1) is 5.71 Å². The second-order valence-electron chi connectivity index (χ2n) is 6.03. The second-order valence-corrected chi connectivity index (χ2v) is 7.34. The van der Waals surface area contributed by atoms with Gasteiger partial charge in [-0.3, -0.25) is 4.99 Å². The van der Waals surface area contributed by atoms with Gasteiger partial charge in [-0.15, -0.1) is 0 Å². The highest BCUT2D eigenvalue weighted by Crippen LogP contribution is 2.39. The van der Waals surface area contributed by atoms with E-state index in [9.17, 15) is 20.1 Å². The summed E-state index contributed by atoms with van der Waals surface area (Å²) in [7, 11) is 0. The normalized spacial score (nSPS) is 17.0. The molecule has 0 saturated heterocycles. The molecule has 9 heteroatoms. The summed E-state index contributed by atoms with van der Waals surface area (Å²) < 4.78 is 15.1. The third-order valence-electron chi connectivity index (χ3n) is 4.20. The van der Waals surface area contributed by atoms with Crippen molar-refractivity contribution in [3.8, 4) is 17.2 Å². The van der Waals surface area contributed by atoms with Crippen LogP contribution in [0.2, 0.25) is 0 Å². The van der Waals surface area contributed by atoms with Crippen LogP contribution in [0.3, 0.4) is 0 Å². The minimum atomic E-state index is -0.804. The van der Waals surface area contributed by atoms with Gasteiger partial charge in [-0.25, -0.2) is 4.79 Å². The quantitative estimate of drug-likeness (QED) is 0.696. The topological polar surface area (TPSA) is 127 Å². The van der Waals surface area contributed by atoms with E-state index in [1.54, 1.807) is 36.9 Å². The van der Waals surface area contributed by atoms with Crippen LogP contribution in [-0.2, 0) is 0 Å². The highest BCUT2D eigenvalue weighted by atomic mass is 32.2. The first-order valence-corrected chi connectivity index (χ1v) is 9.63. The highest BCUT2D eigenvalue weighted by Gasteiger charge is 2.24. The molecule has 150 valence electrons. The van der Waals surface area contributed by atoms with Crippen molar-refractivity contribution < 1.29 is 29.2 Å². The summed E-state index contributed by atoms with van der Waals surface area (Å²) in [4.78, 5) is 16.7. The fourth-order valence-corrected chi connectivity index (χ4v) is 4.11. The highest BCUT2D eigenvalue weighted by molar-refractivity contribution is 7.99. The van der Waals surface area contributed by atoms with Crippen molar-refractivity contribution in [2.45, 2.75) is 18.6 Å². The van der Waals surface area contributed by atoms with E-state index in [1.807, 2.05) is 0 Å². The van der Waals surface area contributed by atoms with Crippen molar-refractivity contribution >= 4 is 17.5 Å². The van der Waals surface area contributed by atoms with Gasteiger partial charge in [-0.05, 0) is 24.6 Å². The number of hydrogen-bond acceptors (Lipinski definition) is 9. The number of rotatable bonds is 6. The Morgan fingerprint density at radius 3 is 2.71 bits per heavy atom. The van der Waals surface area contributed by atoms with Gasteiger partial charge in [-0.1, -0.05) is 6.07 Å². The maximum atomic E-state index is 12.3. The van der Waals surface area contributed by atoms with Gasteiger partial charge in [-0.2, -0.15) is 11.8 Å². The van der Waals surface area contributed by atoms with Crippen molar-refractivity contribution in [2.75, 3.05) is 25.9 Å². The molecule has 1 aliphatic heterocycles. The van der Waals surface area contributed by atoms with E-state index in [4.69, 9.17) is 13.9 Å². The largest absolute Gasteiger partial charge is 0.824 e. The van der Waals surface area contributed by atoms with Crippen molar-refractivity contribution in [1.29, 1.82) is 0 Å². The first-order chi connectivity index (χ1) is 13.5. The van der Waals surface area contributed by atoms with E-state index in [0.29, 0.717) is 30.2 Å². The van der Waals surface area contributed by atoms with E-state index < -0.39 is 19.2 Å². The number of hydrogen-bond donors (Lipinski definition) is 1. The SMILES string of the molecule is Cc1cc(O)c(C2=NCCSC(c3ccc(OC[O-])c(OC[O-])c3)C2)c(=O)o1. The molecular formula is C19H19NO7S-2. The van der Waals surface area contributed by atoms with Gasteiger partial charge >= 0.3 is 5.63 Å². The van der Waals surface area contributed by atoms with Crippen LogP contribution >= 0.6 is 11.8 Å². The molecule has 2 heterocycles. The number of aryl methyl sites for hydroxylation is 1. The second kappa shape index (κ2) is 9.13. The van der Waals surface area contributed by atoms with Crippen LogP contribution in [0.25, 0.3) is 0 Å². The van der Waals surface area contributed by atoms with Gasteiger partial charge in [0.15, 0.2) is 11.5 Å². The number of ether oxygens (including phenoxy) is 2. The van der Waals surface area contributed by atoms with Gasteiger partial charge in [0, 0.05) is 43.6 Å². The summed E-state index contributed by atoms with van der Waals surface area (Å²) in [5.74, 6) is 1.28. The lowest BCUT2D eigenvalue weighted by atomic mass is 10.0. The summed E-state index contributed by atoms with van der Waals surface area (Å²) in [5.41, 5.74) is 0.738. The fraction of sp³-hybridized carbons (Fsp3) is 0.368. The lowest BCUT2D eigenvalue weighted by Gasteiger charge is -2.20. The summed E-state index contributed by atoms with van der Waals surface area (Å²) in [6.07, 6.45) is 0.380. The number of aliphatic imine (C=N–C) groups is 1. The summed E-state index contributed by atoms with van der Waals surface area (Å²) >= 11 is 1.63. The summed E-state index contributed by atoms with van der Waals surface area (Å²) in [6.45, 7) is 0.486. The van der Waals surface area contributed by atoms with Crippen molar-refractivity contribution in [1.82, 2.24) is 0 Å². The van der Waals surface area contributed by atoms with Crippen LogP contribution in [0.4, 0.5) is 0 Å². The first-order valence-electron chi connectivity index (χ1n) is 8.58. The molecule has 0 bridgehead atoms. The zero-order valence-electron chi connectivity index (χ0n) is 15.2. The maximum absolute atomic E-state index is 12.3. The Labute approximate surface area is 165 Å². The molecule has 0 radical (unpaired) electrons.